The van der Waals surface area contributed by atoms with E-state index in [1.807, 2.05) is 0 Å². The Bertz CT molecular complexity index is 623. The van der Waals surface area contributed by atoms with E-state index >= 15 is 0 Å². The van der Waals surface area contributed by atoms with Gasteiger partial charge in [0.05, 0.1) is 0 Å². The summed E-state index contributed by atoms with van der Waals surface area (Å²) in [5.41, 5.74) is 0. The summed E-state index contributed by atoms with van der Waals surface area (Å²) in [7, 11) is -4.31. The SMILES string of the molecule is O=P(F)(c1ccccc1)c1ccc(OC(F)(F)F)cc1. The fourth-order valence-electron chi connectivity index (χ4n) is 1.61. The van der Waals surface area contributed by atoms with Crippen molar-refractivity contribution < 1.29 is 26.7 Å². The first kappa shape index (κ1) is 14.6. The average molecular weight is 304 g/mol. The van der Waals surface area contributed by atoms with Crippen LogP contribution in [0.1, 0.15) is 0 Å². The van der Waals surface area contributed by atoms with E-state index in [-0.39, 0.29) is 10.6 Å². The van der Waals surface area contributed by atoms with Crippen LogP contribution in [0, 0.1) is 0 Å². The van der Waals surface area contributed by atoms with Crippen molar-refractivity contribution in [3.05, 3.63) is 54.6 Å². The Balaban J connectivity index is 2.28. The van der Waals surface area contributed by atoms with Gasteiger partial charge in [-0.05, 0) is 36.4 Å². The zero-order chi connectivity index (χ0) is 14.8. The van der Waals surface area contributed by atoms with Crippen LogP contribution in [0.5, 0.6) is 5.75 Å². The van der Waals surface area contributed by atoms with Crippen LogP contribution in [0.2, 0.25) is 0 Å². The van der Waals surface area contributed by atoms with Crippen LogP contribution in [0.25, 0.3) is 0 Å². The summed E-state index contributed by atoms with van der Waals surface area (Å²) in [5.74, 6) is -0.491. The van der Waals surface area contributed by atoms with Crippen molar-refractivity contribution in [2.45, 2.75) is 6.36 Å². The highest BCUT2D eigenvalue weighted by Gasteiger charge is 2.32. The van der Waals surface area contributed by atoms with Gasteiger partial charge in [-0.3, -0.25) is 4.57 Å². The predicted molar refractivity (Wildman–Crippen MR) is 67.5 cm³/mol. The van der Waals surface area contributed by atoms with Crippen molar-refractivity contribution in [3.63, 3.8) is 0 Å². The maximum absolute atomic E-state index is 14.3. The first-order valence-electron chi connectivity index (χ1n) is 5.51. The number of benzene rings is 2. The third-order valence-electron chi connectivity index (χ3n) is 2.49. The second kappa shape index (κ2) is 5.29. The number of ether oxygens (including phenoxy) is 1. The van der Waals surface area contributed by atoms with Crippen molar-refractivity contribution in [2.24, 2.45) is 0 Å². The van der Waals surface area contributed by atoms with Crippen LogP contribution in [0.3, 0.4) is 0 Å². The van der Waals surface area contributed by atoms with E-state index in [4.69, 9.17) is 0 Å². The lowest BCUT2D eigenvalue weighted by Gasteiger charge is -2.12. The molecule has 0 aliphatic heterocycles. The Kier molecular flexibility index (Phi) is 3.86. The summed E-state index contributed by atoms with van der Waals surface area (Å²) >= 11 is 0. The molecule has 2 aromatic rings. The molecule has 1 atom stereocenters. The molecule has 106 valence electrons. The monoisotopic (exact) mass is 304 g/mol. The van der Waals surface area contributed by atoms with Crippen LogP contribution in [0.15, 0.2) is 54.6 Å². The maximum Gasteiger partial charge on any atom is 0.573 e. The van der Waals surface area contributed by atoms with E-state index in [9.17, 15) is 21.9 Å². The molecule has 0 heterocycles. The third kappa shape index (κ3) is 3.39. The van der Waals surface area contributed by atoms with Crippen molar-refractivity contribution >= 4 is 18.1 Å². The summed E-state index contributed by atoms with van der Waals surface area (Å²) < 4.78 is 66.0. The minimum Gasteiger partial charge on any atom is -0.406 e. The van der Waals surface area contributed by atoms with Crippen LogP contribution in [-0.2, 0) is 4.57 Å². The summed E-state index contributed by atoms with van der Waals surface area (Å²) in [6.45, 7) is 0. The van der Waals surface area contributed by atoms with Crippen LogP contribution >= 0.6 is 7.45 Å². The average Bonchev–Trinajstić information content (AvgIpc) is 2.38. The topological polar surface area (TPSA) is 26.3 Å². The summed E-state index contributed by atoms with van der Waals surface area (Å²) in [4.78, 5) is 0. The highest BCUT2D eigenvalue weighted by molar-refractivity contribution is 7.74. The molecule has 7 heteroatoms. The number of rotatable bonds is 3. The van der Waals surface area contributed by atoms with E-state index in [1.54, 1.807) is 6.07 Å². The first-order valence-corrected chi connectivity index (χ1v) is 7.10. The zero-order valence-electron chi connectivity index (χ0n) is 9.97. The lowest BCUT2D eigenvalue weighted by Crippen LogP contribution is -2.18. The predicted octanol–water partition coefficient (Wildman–Crippen LogP) is 3.78. The largest absolute Gasteiger partial charge is 0.573 e. The molecule has 1 unspecified atom stereocenters. The van der Waals surface area contributed by atoms with Gasteiger partial charge in [-0.25, -0.2) is 0 Å². The van der Waals surface area contributed by atoms with Crippen LogP contribution in [0.4, 0.5) is 17.4 Å². The van der Waals surface area contributed by atoms with Gasteiger partial charge in [-0.15, -0.1) is 13.2 Å². The Hall–Kier alpha value is -1.81. The molecule has 0 amide bonds. The lowest BCUT2D eigenvalue weighted by molar-refractivity contribution is -0.274. The third-order valence-corrected chi connectivity index (χ3v) is 4.42. The van der Waals surface area contributed by atoms with Gasteiger partial charge in [0.2, 0.25) is 0 Å². The molecule has 0 saturated heterocycles. The van der Waals surface area contributed by atoms with Gasteiger partial charge in [0, 0.05) is 10.6 Å². The van der Waals surface area contributed by atoms with Gasteiger partial charge in [-0.1, -0.05) is 18.2 Å². The number of hydrogen-bond donors (Lipinski definition) is 0. The maximum atomic E-state index is 14.3. The number of halogens is 4. The molecule has 0 saturated carbocycles. The minimum absolute atomic E-state index is 0.00973. The normalized spacial score (nSPS) is 14.6. The van der Waals surface area contributed by atoms with Crippen LogP contribution < -0.4 is 15.3 Å². The van der Waals surface area contributed by atoms with Gasteiger partial charge >= 0.3 is 6.36 Å². The summed E-state index contributed by atoms with van der Waals surface area (Å²) in [6, 6.07) is 11.3. The molecule has 0 aliphatic rings. The molecular weight excluding hydrogens is 295 g/mol. The molecule has 20 heavy (non-hydrogen) atoms. The Labute approximate surface area is 112 Å². The van der Waals surface area contributed by atoms with E-state index in [0.29, 0.717) is 0 Å². The molecule has 0 bridgehead atoms. The van der Waals surface area contributed by atoms with E-state index < -0.39 is 19.6 Å². The molecule has 0 fully saturated rings. The van der Waals surface area contributed by atoms with Gasteiger partial charge in [-0.2, -0.15) is 4.20 Å². The molecule has 0 N–H and O–H groups in total. The van der Waals surface area contributed by atoms with Gasteiger partial charge < -0.3 is 4.74 Å². The van der Waals surface area contributed by atoms with Gasteiger partial charge in [0.1, 0.15) is 5.75 Å². The summed E-state index contributed by atoms with van der Waals surface area (Å²) in [6.07, 6.45) is -4.82. The molecule has 0 aliphatic carbocycles. The molecule has 2 aromatic carbocycles. The fourth-order valence-corrected chi connectivity index (χ4v) is 2.99. The molecule has 0 aromatic heterocycles. The molecule has 0 radical (unpaired) electrons. The second-order valence-electron chi connectivity index (χ2n) is 3.91. The Morgan fingerprint density at radius 1 is 0.850 bits per heavy atom. The fraction of sp³-hybridized carbons (Fsp3) is 0.0769. The van der Waals surface area contributed by atoms with Gasteiger partial charge in [0.25, 0.3) is 7.45 Å². The second-order valence-corrected chi connectivity index (χ2v) is 6.01. The van der Waals surface area contributed by atoms with Crippen molar-refractivity contribution in [1.29, 1.82) is 0 Å². The summed E-state index contributed by atoms with van der Waals surface area (Å²) in [5, 5.41) is -0.192. The Morgan fingerprint density at radius 2 is 1.35 bits per heavy atom. The van der Waals surface area contributed by atoms with Crippen molar-refractivity contribution in [1.82, 2.24) is 0 Å². The van der Waals surface area contributed by atoms with Crippen molar-refractivity contribution in [2.75, 3.05) is 0 Å². The van der Waals surface area contributed by atoms with Gasteiger partial charge in [0.15, 0.2) is 0 Å². The molecular formula is C13H9F4O2P. The smallest absolute Gasteiger partial charge is 0.406 e. The van der Waals surface area contributed by atoms with Crippen LogP contribution in [-0.4, -0.2) is 6.36 Å². The zero-order valence-corrected chi connectivity index (χ0v) is 10.9. The lowest BCUT2D eigenvalue weighted by atomic mass is 10.3. The van der Waals surface area contributed by atoms with E-state index in [2.05, 4.69) is 4.74 Å². The molecule has 0 spiro atoms. The molecule has 2 rings (SSSR count). The van der Waals surface area contributed by atoms with E-state index in [1.165, 1.54) is 24.3 Å². The Morgan fingerprint density at radius 3 is 1.85 bits per heavy atom. The van der Waals surface area contributed by atoms with E-state index in [0.717, 1.165) is 24.3 Å². The minimum atomic E-state index is -4.82. The number of hydrogen-bond acceptors (Lipinski definition) is 2. The highest BCUT2D eigenvalue weighted by Crippen LogP contribution is 2.45. The highest BCUT2D eigenvalue weighted by atomic mass is 31.2. The number of alkyl halides is 3. The molecule has 2 nitrogen and oxygen atoms in total. The first-order chi connectivity index (χ1) is 9.29. The standard InChI is InChI=1S/C13H9F4O2P/c14-13(15,16)19-10-6-8-12(9-7-10)20(17,18)11-4-2-1-3-5-11/h1-9H. The quantitative estimate of drug-likeness (QED) is 0.637. The van der Waals surface area contributed by atoms with Crippen molar-refractivity contribution in [3.8, 4) is 5.75 Å².